The Bertz CT molecular complexity index is 483. The van der Waals surface area contributed by atoms with Crippen LogP contribution in [0.4, 0.5) is 0 Å². The first-order valence-corrected chi connectivity index (χ1v) is 5.41. The fourth-order valence-corrected chi connectivity index (χ4v) is 1.46. The van der Waals surface area contributed by atoms with Crippen molar-refractivity contribution in [3.63, 3.8) is 0 Å². The molecule has 2 rings (SSSR count). The first-order valence-electron chi connectivity index (χ1n) is 5.41. The van der Waals surface area contributed by atoms with Crippen molar-refractivity contribution in [3.8, 4) is 11.5 Å². The number of benzene rings is 2. The lowest BCUT2D eigenvalue weighted by Crippen LogP contribution is -1.86. The Morgan fingerprint density at radius 1 is 0.944 bits per heavy atom. The van der Waals surface area contributed by atoms with Gasteiger partial charge in [0, 0.05) is 0 Å². The minimum atomic E-state index is 0.617. The van der Waals surface area contributed by atoms with Crippen LogP contribution in [0.1, 0.15) is 5.56 Å². The average Bonchev–Trinajstić information content (AvgIpc) is 2.43. The Kier molecular flexibility index (Phi) is 5.90. The van der Waals surface area contributed by atoms with Crippen LogP contribution in [0.5, 0.6) is 11.5 Å². The first-order chi connectivity index (χ1) is 8.88. The molecular formula is C15H15NO2. The molecule has 0 spiro atoms. The number of ether oxygens (including phenoxy) is 1. The van der Waals surface area contributed by atoms with E-state index in [2.05, 4.69) is 11.7 Å². The number of aliphatic imine (C=N–C) groups is 1. The van der Waals surface area contributed by atoms with Crippen molar-refractivity contribution < 1.29 is 9.53 Å². The predicted octanol–water partition coefficient (Wildman–Crippen LogP) is 3.49. The Morgan fingerprint density at radius 2 is 1.61 bits per heavy atom. The topological polar surface area (TPSA) is 38.7 Å². The van der Waals surface area contributed by atoms with E-state index in [-0.39, 0.29) is 0 Å². The van der Waals surface area contributed by atoms with E-state index in [1.807, 2.05) is 61.4 Å². The molecule has 0 radical (unpaired) electrons. The molecule has 0 bridgehead atoms. The van der Waals surface area contributed by atoms with Gasteiger partial charge in [-0.15, -0.1) is 0 Å². The van der Waals surface area contributed by atoms with Gasteiger partial charge in [0.25, 0.3) is 0 Å². The van der Waals surface area contributed by atoms with Crippen LogP contribution in [0.25, 0.3) is 0 Å². The van der Waals surface area contributed by atoms with Gasteiger partial charge in [0.2, 0.25) is 0 Å². The fourth-order valence-electron chi connectivity index (χ4n) is 1.46. The van der Waals surface area contributed by atoms with Crippen LogP contribution in [-0.2, 0) is 11.3 Å². The second-order valence-electron chi connectivity index (χ2n) is 3.44. The van der Waals surface area contributed by atoms with Gasteiger partial charge in [-0.3, -0.25) is 4.99 Å². The number of hydrogen-bond donors (Lipinski definition) is 0. The van der Waals surface area contributed by atoms with Crippen molar-refractivity contribution in [2.75, 3.05) is 0 Å². The Hall–Kier alpha value is -2.42. The zero-order valence-electron chi connectivity index (χ0n) is 10.1. The quantitative estimate of drug-likeness (QED) is 0.768. The third-order valence-electron chi connectivity index (χ3n) is 2.17. The number of rotatable bonds is 4. The van der Waals surface area contributed by atoms with E-state index in [1.54, 1.807) is 0 Å². The molecule has 18 heavy (non-hydrogen) atoms. The molecule has 2 aromatic carbocycles. The van der Waals surface area contributed by atoms with Gasteiger partial charge in [0.1, 0.15) is 18.3 Å². The van der Waals surface area contributed by atoms with Crippen LogP contribution in [-0.4, -0.2) is 13.5 Å². The Labute approximate surface area is 107 Å². The van der Waals surface area contributed by atoms with Gasteiger partial charge in [0.15, 0.2) is 0 Å². The average molecular weight is 241 g/mol. The molecule has 3 heteroatoms. The highest BCUT2D eigenvalue weighted by Gasteiger charge is 1.97. The van der Waals surface area contributed by atoms with Gasteiger partial charge in [-0.1, -0.05) is 30.3 Å². The lowest BCUT2D eigenvalue weighted by atomic mass is 10.2. The molecule has 0 N–H and O–H groups in total. The fraction of sp³-hybridized carbons (Fsp3) is 0.0667. The minimum absolute atomic E-state index is 0.617. The van der Waals surface area contributed by atoms with E-state index in [0.717, 1.165) is 17.1 Å². The van der Waals surface area contributed by atoms with Crippen LogP contribution in [0.15, 0.2) is 59.6 Å². The van der Waals surface area contributed by atoms with E-state index >= 15 is 0 Å². The summed E-state index contributed by atoms with van der Waals surface area (Å²) in [6.45, 7) is 6.10. The highest BCUT2D eigenvalue weighted by atomic mass is 16.5. The van der Waals surface area contributed by atoms with Gasteiger partial charge in [-0.2, -0.15) is 0 Å². The lowest BCUT2D eigenvalue weighted by molar-refractivity contribution is -0.0979. The summed E-state index contributed by atoms with van der Waals surface area (Å²) in [5, 5.41) is 0. The first kappa shape index (κ1) is 13.6. The molecule has 0 aromatic heterocycles. The van der Waals surface area contributed by atoms with Crippen LogP contribution in [0.3, 0.4) is 0 Å². The number of carbonyl (C=O) groups is 1. The molecule has 0 saturated heterocycles. The molecule has 2 aromatic rings. The van der Waals surface area contributed by atoms with Crippen LogP contribution in [0.2, 0.25) is 0 Å². The van der Waals surface area contributed by atoms with Gasteiger partial charge in [-0.25, -0.2) is 0 Å². The molecule has 0 aliphatic heterocycles. The summed E-state index contributed by atoms with van der Waals surface area (Å²) in [4.78, 5) is 11.8. The van der Waals surface area contributed by atoms with E-state index in [9.17, 15) is 0 Å². The highest BCUT2D eigenvalue weighted by Crippen LogP contribution is 2.21. The molecule has 0 fully saturated rings. The summed E-state index contributed by atoms with van der Waals surface area (Å²) in [7, 11) is 0. The second-order valence-corrected chi connectivity index (χ2v) is 3.44. The van der Waals surface area contributed by atoms with E-state index in [4.69, 9.17) is 9.53 Å². The molecule has 92 valence electrons. The van der Waals surface area contributed by atoms with Gasteiger partial charge < -0.3 is 9.53 Å². The van der Waals surface area contributed by atoms with Crippen LogP contribution < -0.4 is 4.74 Å². The lowest BCUT2D eigenvalue weighted by Gasteiger charge is -2.06. The molecule has 0 amide bonds. The van der Waals surface area contributed by atoms with Gasteiger partial charge in [0.05, 0.1) is 6.54 Å². The molecule has 0 heterocycles. The predicted molar refractivity (Wildman–Crippen MR) is 73.3 cm³/mol. The van der Waals surface area contributed by atoms with Crippen molar-refractivity contribution in [2.24, 2.45) is 4.99 Å². The Balaban J connectivity index is 0.000000771. The highest BCUT2D eigenvalue weighted by molar-refractivity contribution is 5.34. The zero-order chi connectivity index (χ0) is 13.2. The maximum atomic E-state index is 8.00. The number of nitrogens with zero attached hydrogens (tertiary/aromatic N) is 1. The summed E-state index contributed by atoms with van der Waals surface area (Å²) in [5.41, 5.74) is 1.10. The summed E-state index contributed by atoms with van der Waals surface area (Å²) in [6.07, 6.45) is 0. The smallest absolute Gasteiger partial charge is 0.127 e. The van der Waals surface area contributed by atoms with Crippen molar-refractivity contribution in [1.29, 1.82) is 0 Å². The molecule has 0 aliphatic rings. The normalized spacial score (nSPS) is 8.89. The standard InChI is InChI=1S/C14H13NO.CH2O/c1-15-11-12-6-5-9-14(10-12)16-13-7-3-2-4-8-13;1-2/h2-10H,1,11H2;1H2. The summed E-state index contributed by atoms with van der Waals surface area (Å²) in [5.74, 6) is 1.67. The van der Waals surface area contributed by atoms with E-state index in [1.165, 1.54) is 0 Å². The molecule has 3 nitrogen and oxygen atoms in total. The summed E-state index contributed by atoms with van der Waals surface area (Å²) < 4.78 is 5.70. The largest absolute Gasteiger partial charge is 0.457 e. The third-order valence-corrected chi connectivity index (χ3v) is 2.17. The number of hydrogen-bond acceptors (Lipinski definition) is 3. The molecule has 0 atom stereocenters. The SMILES string of the molecule is C=NCc1cccc(Oc2ccccc2)c1.C=O. The molecule has 0 unspecified atom stereocenters. The minimum Gasteiger partial charge on any atom is -0.457 e. The van der Waals surface area contributed by atoms with Crippen LogP contribution >= 0.6 is 0 Å². The molecule has 0 saturated carbocycles. The number of carbonyl (C=O) groups excluding carboxylic acids is 1. The number of para-hydroxylation sites is 1. The van der Waals surface area contributed by atoms with Crippen LogP contribution in [0, 0.1) is 0 Å². The van der Waals surface area contributed by atoms with Gasteiger partial charge in [-0.05, 0) is 36.5 Å². The van der Waals surface area contributed by atoms with Gasteiger partial charge >= 0.3 is 0 Å². The molecular weight excluding hydrogens is 226 g/mol. The Morgan fingerprint density at radius 3 is 2.28 bits per heavy atom. The molecule has 0 aliphatic carbocycles. The second kappa shape index (κ2) is 7.79. The van der Waals surface area contributed by atoms with E-state index < -0.39 is 0 Å². The third kappa shape index (κ3) is 4.22. The maximum absolute atomic E-state index is 8.00. The monoisotopic (exact) mass is 241 g/mol. The summed E-state index contributed by atoms with van der Waals surface area (Å²) >= 11 is 0. The maximum Gasteiger partial charge on any atom is 0.127 e. The van der Waals surface area contributed by atoms with E-state index in [0.29, 0.717) is 6.54 Å². The van der Waals surface area contributed by atoms with Crippen molar-refractivity contribution in [3.05, 3.63) is 60.2 Å². The summed E-state index contributed by atoms with van der Waals surface area (Å²) in [6, 6.07) is 17.6. The van der Waals surface area contributed by atoms with Crippen molar-refractivity contribution in [2.45, 2.75) is 6.54 Å². The zero-order valence-corrected chi connectivity index (χ0v) is 10.1. The van der Waals surface area contributed by atoms with Crippen molar-refractivity contribution in [1.82, 2.24) is 0 Å². The van der Waals surface area contributed by atoms with Crippen molar-refractivity contribution >= 4 is 13.5 Å².